The van der Waals surface area contributed by atoms with E-state index in [-0.39, 0.29) is 16.1 Å². The molecule has 0 saturated heterocycles. The highest BCUT2D eigenvalue weighted by atomic mass is 79.9. The molecule has 1 aliphatic carbocycles. The summed E-state index contributed by atoms with van der Waals surface area (Å²) >= 11 is 9.02. The first kappa shape index (κ1) is 14.0. The van der Waals surface area contributed by atoms with E-state index >= 15 is 0 Å². The monoisotopic (exact) mass is 350 g/mol. The van der Waals surface area contributed by atoms with Crippen LogP contribution >= 0.6 is 27.5 Å². The summed E-state index contributed by atoms with van der Waals surface area (Å²) in [5.74, 6) is 0. The highest BCUT2D eigenvalue weighted by Gasteiger charge is 2.23. The minimum absolute atomic E-state index is 0.00750. The molecule has 1 aromatic rings. The van der Waals surface area contributed by atoms with E-state index < -0.39 is 10.0 Å². The van der Waals surface area contributed by atoms with E-state index in [4.69, 9.17) is 11.6 Å². The van der Waals surface area contributed by atoms with E-state index in [1.165, 1.54) is 12.3 Å². The van der Waals surface area contributed by atoms with E-state index in [0.29, 0.717) is 10.9 Å². The fraction of sp³-hybridized carbons (Fsp3) is 0.364. The molecule has 4 nitrogen and oxygen atoms in total. The number of hydrogen-bond donors (Lipinski definition) is 1. The second kappa shape index (κ2) is 5.69. The zero-order chi connectivity index (χ0) is 13.2. The number of rotatable bonds is 3. The van der Waals surface area contributed by atoms with Crippen LogP contribution in [0.3, 0.4) is 0 Å². The summed E-state index contributed by atoms with van der Waals surface area (Å²) in [6, 6.07) is 1.38. The van der Waals surface area contributed by atoms with Crippen molar-refractivity contribution in [3.05, 3.63) is 34.0 Å². The first-order valence-corrected chi connectivity index (χ1v) is 8.13. The van der Waals surface area contributed by atoms with Crippen molar-refractivity contribution < 1.29 is 8.42 Å². The standard InChI is InChI=1S/C11H12BrClN2O2S/c12-8-6-10(11(13)14-7-8)18(16,17)15-9-4-2-1-3-5-9/h1-2,6-7,9,15H,3-5H2. The van der Waals surface area contributed by atoms with Crippen molar-refractivity contribution in [2.45, 2.75) is 30.2 Å². The number of sulfonamides is 1. The molecule has 0 bridgehead atoms. The average molecular weight is 352 g/mol. The van der Waals surface area contributed by atoms with Crippen LogP contribution in [0.5, 0.6) is 0 Å². The lowest BCUT2D eigenvalue weighted by molar-refractivity contribution is 0.522. The van der Waals surface area contributed by atoms with Gasteiger partial charge in [0.25, 0.3) is 0 Å². The first-order chi connectivity index (χ1) is 8.49. The van der Waals surface area contributed by atoms with Gasteiger partial charge in [0.2, 0.25) is 10.0 Å². The number of nitrogens with zero attached hydrogens (tertiary/aromatic N) is 1. The Kier molecular flexibility index (Phi) is 4.42. The summed E-state index contributed by atoms with van der Waals surface area (Å²) in [6.45, 7) is 0. The number of hydrogen-bond acceptors (Lipinski definition) is 3. The molecule has 1 aromatic heterocycles. The van der Waals surface area contributed by atoms with Crippen LogP contribution in [-0.4, -0.2) is 19.4 Å². The lowest BCUT2D eigenvalue weighted by Crippen LogP contribution is -2.35. The zero-order valence-corrected chi connectivity index (χ0v) is 12.6. The first-order valence-electron chi connectivity index (χ1n) is 5.47. The van der Waals surface area contributed by atoms with E-state index in [1.54, 1.807) is 0 Å². The molecule has 98 valence electrons. The average Bonchev–Trinajstić information content (AvgIpc) is 2.33. The highest BCUT2D eigenvalue weighted by Crippen LogP contribution is 2.23. The molecule has 2 rings (SSSR count). The molecule has 1 aliphatic rings. The van der Waals surface area contributed by atoms with Crippen LogP contribution in [0.2, 0.25) is 5.15 Å². The van der Waals surface area contributed by atoms with Crippen molar-refractivity contribution in [3.8, 4) is 0 Å². The molecular weight excluding hydrogens is 340 g/mol. The molecular formula is C11H12BrClN2O2S. The predicted octanol–water partition coefficient (Wildman–Crippen LogP) is 2.88. The molecule has 1 atom stereocenters. The number of aromatic nitrogens is 1. The molecule has 0 radical (unpaired) electrons. The van der Waals surface area contributed by atoms with Crippen LogP contribution in [0.1, 0.15) is 19.3 Å². The van der Waals surface area contributed by atoms with E-state index in [2.05, 4.69) is 31.7 Å². The van der Waals surface area contributed by atoms with Gasteiger partial charge in [-0.25, -0.2) is 18.1 Å². The topological polar surface area (TPSA) is 59.1 Å². The lowest BCUT2D eigenvalue weighted by Gasteiger charge is -2.19. The maximum absolute atomic E-state index is 12.2. The minimum atomic E-state index is -3.62. The normalized spacial score (nSPS) is 20.0. The minimum Gasteiger partial charge on any atom is -0.242 e. The Labute approximate surface area is 120 Å². The fourth-order valence-electron chi connectivity index (χ4n) is 1.78. The predicted molar refractivity (Wildman–Crippen MR) is 74.0 cm³/mol. The fourth-order valence-corrected chi connectivity index (χ4v) is 4.00. The van der Waals surface area contributed by atoms with E-state index in [1.807, 2.05) is 6.08 Å². The summed E-state index contributed by atoms with van der Waals surface area (Å²) in [5.41, 5.74) is 0. The second-order valence-corrected chi connectivity index (χ2v) is 7.00. The Bertz CT molecular complexity index is 574. The molecule has 0 aliphatic heterocycles. The van der Waals surface area contributed by atoms with Crippen molar-refractivity contribution in [2.75, 3.05) is 0 Å². The smallest absolute Gasteiger partial charge is 0.242 e. The Morgan fingerprint density at radius 2 is 2.22 bits per heavy atom. The zero-order valence-electron chi connectivity index (χ0n) is 9.44. The van der Waals surface area contributed by atoms with Crippen molar-refractivity contribution in [2.24, 2.45) is 0 Å². The second-order valence-electron chi connectivity index (χ2n) is 4.05. The largest absolute Gasteiger partial charge is 0.243 e. The lowest BCUT2D eigenvalue weighted by atomic mass is 10.0. The summed E-state index contributed by atoms with van der Waals surface area (Å²) in [5, 5.41) is -0.0166. The van der Waals surface area contributed by atoms with Gasteiger partial charge in [-0.1, -0.05) is 23.8 Å². The van der Waals surface area contributed by atoms with Gasteiger partial charge in [0, 0.05) is 16.7 Å². The van der Waals surface area contributed by atoms with Gasteiger partial charge in [-0.2, -0.15) is 0 Å². The SMILES string of the molecule is O=S(=O)(NC1CC=CCC1)c1cc(Br)cnc1Cl. The molecule has 0 spiro atoms. The molecule has 1 unspecified atom stereocenters. The maximum Gasteiger partial charge on any atom is 0.243 e. The van der Waals surface area contributed by atoms with Gasteiger partial charge < -0.3 is 0 Å². The Morgan fingerprint density at radius 3 is 2.89 bits per heavy atom. The Hall–Kier alpha value is -0.430. The third-order valence-corrected chi connectivity index (χ3v) is 5.03. The third-order valence-electron chi connectivity index (χ3n) is 2.65. The molecule has 18 heavy (non-hydrogen) atoms. The van der Waals surface area contributed by atoms with Gasteiger partial charge in [0.05, 0.1) is 0 Å². The van der Waals surface area contributed by atoms with Gasteiger partial charge in [-0.05, 0) is 41.3 Å². The molecule has 0 aromatic carbocycles. The summed E-state index contributed by atoms with van der Waals surface area (Å²) in [4.78, 5) is 3.83. The molecule has 1 N–H and O–H groups in total. The summed E-state index contributed by atoms with van der Waals surface area (Å²) in [7, 11) is -3.62. The van der Waals surface area contributed by atoms with Crippen LogP contribution in [0.25, 0.3) is 0 Å². The summed E-state index contributed by atoms with van der Waals surface area (Å²) in [6.07, 6.45) is 7.89. The third kappa shape index (κ3) is 3.32. The van der Waals surface area contributed by atoms with Crippen LogP contribution in [0.15, 0.2) is 33.8 Å². The molecule has 1 heterocycles. The van der Waals surface area contributed by atoms with Crippen LogP contribution in [0, 0.1) is 0 Å². The van der Waals surface area contributed by atoms with Gasteiger partial charge in [0.15, 0.2) is 0 Å². The van der Waals surface area contributed by atoms with Crippen molar-refractivity contribution >= 4 is 37.6 Å². The van der Waals surface area contributed by atoms with E-state index in [0.717, 1.165) is 12.8 Å². The molecule has 0 saturated carbocycles. The quantitative estimate of drug-likeness (QED) is 0.673. The van der Waals surface area contributed by atoms with Crippen molar-refractivity contribution in [1.29, 1.82) is 0 Å². The van der Waals surface area contributed by atoms with Crippen LogP contribution in [0.4, 0.5) is 0 Å². The highest BCUT2D eigenvalue weighted by molar-refractivity contribution is 9.10. The van der Waals surface area contributed by atoms with Gasteiger partial charge >= 0.3 is 0 Å². The number of allylic oxidation sites excluding steroid dienone is 1. The van der Waals surface area contributed by atoms with Gasteiger partial charge in [-0.3, -0.25) is 0 Å². The Balaban J connectivity index is 2.24. The molecule has 0 fully saturated rings. The maximum atomic E-state index is 12.2. The van der Waals surface area contributed by atoms with Crippen LogP contribution < -0.4 is 4.72 Å². The van der Waals surface area contributed by atoms with Gasteiger partial charge in [0.1, 0.15) is 10.0 Å². The number of nitrogens with one attached hydrogen (secondary N) is 1. The molecule has 0 amide bonds. The van der Waals surface area contributed by atoms with E-state index in [9.17, 15) is 8.42 Å². The number of halogens is 2. The summed E-state index contributed by atoms with van der Waals surface area (Å²) < 4.78 is 27.6. The van der Waals surface area contributed by atoms with Crippen molar-refractivity contribution in [1.82, 2.24) is 9.71 Å². The van der Waals surface area contributed by atoms with Crippen LogP contribution in [-0.2, 0) is 10.0 Å². The van der Waals surface area contributed by atoms with Crippen molar-refractivity contribution in [3.63, 3.8) is 0 Å². The van der Waals surface area contributed by atoms with Gasteiger partial charge in [-0.15, -0.1) is 0 Å². The number of pyridine rings is 1. The Morgan fingerprint density at radius 1 is 1.44 bits per heavy atom. The molecule has 7 heteroatoms.